The van der Waals surface area contributed by atoms with Crippen molar-refractivity contribution in [2.24, 2.45) is 0 Å². The number of hydrogen-bond donors (Lipinski definition) is 0. The summed E-state index contributed by atoms with van der Waals surface area (Å²) in [4.78, 5) is 30.8. The third-order valence-electron chi connectivity index (χ3n) is 5.23. The van der Waals surface area contributed by atoms with Gasteiger partial charge in [-0.3, -0.25) is 9.59 Å². The molecule has 142 valence electrons. The minimum atomic E-state index is -0.102. The Kier molecular flexibility index (Phi) is 5.66. The highest BCUT2D eigenvalue weighted by atomic mass is 16.5. The standard InChI is InChI=1S/C19H27N3O4/c1-20-6-8-21(9-7-20)18(23)12-19(24)22-5-4-14-10-16(25-2)17(26-3)11-15(14)13-22/h10-11H,4-9,12-13H2,1-3H3. The lowest BCUT2D eigenvalue weighted by atomic mass is 9.98. The van der Waals surface area contributed by atoms with E-state index in [2.05, 4.69) is 4.90 Å². The van der Waals surface area contributed by atoms with Crippen molar-refractivity contribution in [3.63, 3.8) is 0 Å². The maximum atomic E-state index is 12.6. The van der Waals surface area contributed by atoms with E-state index in [-0.39, 0.29) is 18.2 Å². The van der Waals surface area contributed by atoms with Crippen LogP contribution in [0.4, 0.5) is 0 Å². The second-order valence-electron chi connectivity index (χ2n) is 6.90. The summed E-state index contributed by atoms with van der Waals surface area (Å²) in [7, 11) is 5.26. The molecule has 0 N–H and O–H groups in total. The molecule has 0 aromatic heterocycles. The number of nitrogens with zero attached hydrogens (tertiary/aromatic N) is 3. The van der Waals surface area contributed by atoms with Crippen LogP contribution in [-0.2, 0) is 22.6 Å². The molecule has 0 atom stereocenters. The fourth-order valence-corrected chi connectivity index (χ4v) is 3.50. The van der Waals surface area contributed by atoms with Crippen LogP contribution < -0.4 is 9.47 Å². The zero-order valence-electron chi connectivity index (χ0n) is 15.8. The number of piperazine rings is 1. The molecule has 0 unspecified atom stereocenters. The van der Waals surface area contributed by atoms with Crippen molar-refractivity contribution < 1.29 is 19.1 Å². The smallest absolute Gasteiger partial charge is 0.232 e. The number of carbonyl (C=O) groups excluding carboxylic acids is 2. The average Bonchev–Trinajstić information content (AvgIpc) is 2.66. The van der Waals surface area contributed by atoms with E-state index in [0.717, 1.165) is 30.6 Å². The van der Waals surface area contributed by atoms with Crippen LogP contribution in [0.2, 0.25) is 0 Å². The van der Waals surface area contributed by atoms with Crippen molar-refractivity contribution >= 4 is 11.8 Å². The minimum Gasteiger partial charge on any atom is -0.493 e. The van der Waals surface area contributed by atoms with Gasteiger partial charge in [-0.05, 0) is 36.7 Å². The molecule has 0 aliphatic carbocycles. The summed E-state index contributed by atoms with van der Waals surface area (Å²) in [6.07, 6.45) is 0.705. The molecule has 1 fully saturated rings. The molecule has 7 heteroatoms. The van der Waals surface area contributed by atoms with Gasteiger partial charge >= 0.3 is 0 Å². The summed E-state index contributed by atoms with van der Waals surface area (Å²) in [5, 5.41) is 0. The van der Waals surface area contributed by atoms with Gasteiger partial charge < -0.3 is 24.2 Å². The van der Waals surface area contributed by atoms with Gasteiger partial charge in [0.05, 0.1) is 14.2 Å². The zero-order valence-corrected chi connectivity index (χ0v) is 15.8. The minimum absolute atomic E-state index is 0.0493. The Hall–Kier alpha value is -2.28. The molecule has 1 aromatic carbocycles. The van der Waals surface area contributed by atoms with Crippen molar-refractivity contribution in [3.8, 4) is 11.5 Å². The number of hydrogen-bond acceptors (Lipinski definition) is 5. The van der Waals surface area contributed by atoms with E-state index in [0.29, 0.717) is 37.7 Å². The molecule has 2 heterocycles. The highest BCUT2D eigenvalue weighted by Crippen LogP contribution is 2.33. The molecule has 0 saturated carbocycles. The van der Waals surface area contributed by atoms with Gasteiger partial charge in [-0.1, -0.05) is 0 Å². The predicted molar refractivity (Wildman–Crippen MR) is 97.4 cm³/mol. The Bertz CT molecular complexity index is 684. The fourth-order valence-electron chi connectivity index (χ4n) is 3.50. The summed E-state index contributed by atoms with van der Waals surface area (Å²) >= 11 is 0. The van der Waals surface area contributed by atoms with Gasteiger partial charge in [0.1, 0.15) is 6.42 Å². The number of benzene rings is 1. The number of likely N-dealkylation sites (N-methyl/N-ethyl adjacent to an activating group) is 1. The summed E-state index contributed by atoms with van der Waals surface area (Å²) in [6, 6.07) is 3.90. The highest BCUT2D eigenvalue weighted by molar-refractivity contribution is 5.97. The van der Waals surface area contributed by atoms with E-state index in [1.807, 2.05) is 19.2 Å². The molecule has 1 saturated heterocycles. The molecule has 2 aliphatic heterocycles. The molecule has 2 amide bonds. The molecule has 0 bridgehead atoms. The fraction of sp³-hybridized carbons (Fsp3) is 0.579. The monoisotopic (exact) mass is 361 g/mol. The van der Waals surface area contributed by atoms with Gasteiger partial charge in [0.25, 0.3) is 0 Å². The zero-order chi connectivity index (χ0) is 18.7. The molecule has 0 radical (unpaired) electrons. The van der Waals surface area contributed by atoms with Gasteiger partial charge in [-0.15, -0.1) is 0 Å². The maximum absolute atomic E-state index is 12.6. The van der Waals surface area contributed by atoms with E-state index in [1.165, 1.54) is 0 Å². The Morgan fingerprint density at radius 2 is 1.46 bits per heavy atom. The lowest BCUT2D eigenvalue weighted by molar-refractivity contribution is -0.142. The lowest BCUT2D eigenvalue weighted by Gasteiger charge is -2.33. The Morgan fingerprint density at radius 1 is 0.885 bits per heavy atom. The van der Waals surface area contributed by atoms with E-state index in [1.54, 1.807) is 24.0 Å². The molecule has 7 nitrogen and oxygen atoms in total. The first kappa shape index (κ1) is 18.5. The van der Waals surface area contributed by atoms with Crippen molar-refractivity contribution in [1.82, 2.24) is 14.7 Å². The molecular weight excluding hydrogens is 334 g/mol. The van der Waals surface area contributed by atoms with E-state index in [4.69, 9.17) is 9.47 Å². The summed E-state index contributed by atoms with van der Waals surface area (Å²) in [5.41, 5.74) is 2.21. The van der Waals surface area contributed by atoms with Crippen LogP contribution in [0, 0.1) is 0 Å². The van der Waals surface area contributed by atoms with Crippen LogP contribution in [0.25, 0.3) is 0 Å². The Morgan fingerprint density at radius 3 is 2.08 bits per heavy atom. The quantitative estimate of drug-likeness (QED) is 0.741. The first-order valence-corrected chi connectivity index (χ1v) is 8.99. The summed E-state index contributed by atoms with van der Waals surface area (Å²) in [5.74, 6) is 1.20. The van der Waals surface area contributed by atoms with Gasteiger partial charge in [-0.2, -0.15) is 0 Å². The van der Waals surface area contributed by atoms with E-state index >= 15 is 0 Å². The lowest BCUT2D eigenvalue weighted by Crippen LogP contribution is -2.48. The van der Waals surface area contributed by atoms with Crippen LogP contribution in [0.3, 0.4) is 0 Å². The molecule has 26 heavy (non-hydrogen) atoms. The topological polar surface area (TPSA) is 62.3 Å². The number of fused-ring (bicyclic) bond motifs is 1. The molecule has 3 rings (SSSR count). The summed E-state index contributed by atoms with van der Waals surface area (Å²) < 4.78 is 10.7. The predicted octanol–water partition coefficient (Wildman–Crippen LogP) is 0.753. The first-order valence-electron chi connectivity index (χ1n) is 8.99. The molecule has 0 spiro atoms. The van der Waals surface area contributed by atoms with Crippen molar-refractivity contribution in [1.29, 1.82) is 0 Å². The van der Waals surface area contributed by atoms with E-state index in [9.17, 15) is 9.59 Å². The van der Waals surface area contributed by atoms with Crippen molar-refractivity contribution in [2.75, 3.05) is 54.0 Å². The second-order valence-corrected chi connectivity index (χ2v) is 6.90. The third kappa shape index (κ3) is 3.93. The van der Waals surface area contributed by atoms with Crippen LogP contribution in [0.5, 0.6) is 11.5 Å². The van der Waals surface area contributed by atoms with E-state index < -0.39 is 0 Å². The van der Waals surface area contributed by atoms with Crippen LogP contribution in [0.1, 0.15) is 17.5 Å². The van der Waals surface area contributed by atoms with Crippen molar-refractivity contribution in [2.45, 2.75) is 19.4 Å². The Labute approximate surface area is 154 Å². The van der Waals surface area contributed by atoms with Crippen LogP contribution in [-0.4, -0.2) is 80.5 Å². The van der Waals surface area contributed by atoms with Crippen LogP contribution in [0.15, 0.2) is 12.1 Å². The van der Waals surface area contributed by atoms with Gasteiger partial charge in [0.2, 0.25) is 11.8 Å². The maximum Gasteiger partial charge on any atom is 0.232 e. The largest absolute Gasteiger partial charge is 0.493 e. The van der Waals surface area contributed by atoms with Gasteiger partial charge in [0, 0.05) is 39.3 Å². The number of rotatable bonds is 4. The number of amides is 2. The van der Waals surface area contributed by atoms with Gasteiger partial charge in [-0.25, -0.2) is 0 Å². The normalized spacial score (nSPS) is 17.7. The SMILES string of the molecule is COc1cc2c(cc1OC)CN(C(=O)CC(=O)N1CCN(C)CC1)CC2. The van der Waals surface area contributed by atoms with Gasteiger partial charge in [0.15, 0.2) is 11.5 Å². The average molecular weight is 361 g/mol. The third-order valence-corrected chi connectivity index (χ3v) is 5.23. The number of carbonyl (C=O) groups is 2. The number of ether oxygens (including phenoxy) is 2. The Balaban J connectivity index is 1.62. The summed E-state index contributed by atoms with van der Waals surface area (Å²) in [6.45, 7) is 4.24. The highest BCUT2D eigenvalue weighted by Gasteiger charge is 2.27. The molecular formula is C19H27N3O4. The molecule has 1 aromatic rings. The number of methoxy groups -OCH3 is 2. The van der Waals surface area contributed by atoms with Crippen molar-refractivity contribution in [3.05, 3.63) is 23.3 Å². The first-order chi connectivity index (χ1) is 12.5. The second kappa shape index (κ2) is 7.95. The van der Waals surface area contributed by atoms with Crippen LogP contribution >= 0.6 is 0 Å². The molecule has 2 aliphatic rings.